The Morgan fingerprint density at radius 3 is 3.12 bits per heavy atom. The van der Waals surface area contributed by atoms with E-state index in [0.29, 0.717) is 11.3 Å². The zero-order valence-corrected chi connectivity index (χ0v) is 10.2. The monoisotopic (exact) mass is 240 g/mol. The van der Waals surface area contributed by atoms with Crippen LogP contribution in [0.1, 0.15) is 19.3 Å². The molecule has 2 rings (SSSR count). The Morgan fingerprint density at radius 2 is 2.44 bits per heavy atom. The fraction of sp³-hybridized carbons (Fsp3) is 0.636. The van der Waals surface area contributed by atoms with Gasteiger partial charge in [0.1, 0.15) is 5.82 Å². The third-order valence-electron chi connectivity index (χ3n) is 2.91. The van der Waals surface area contributed by atoms with Gasteiger partial charge >= 0.3 is 0 Å². The first-order chi connectivity index (χ1) is 7.75. The Kier molecular flexibility index (Phi) is 3.96. The Balaban J connectivity index is 1.94. The lowest BCUT2D eigenvalue weighted by atomic mass is 10.0. The van der Waals surface area contributed by atoms with Crippen LogP contribution in [0.15, 0.2) is 12.3 Å². The van der Waals surface area contributed by atoms with Crippen molar-refractivity contribution in [1.29, 1.82) is 0 Å². The number of nitrogens with zero attached hydrogens (tertiary/aromatic N) is 3. The summed E-state index contributed by atoms with van der Waals surface area (Å²) in [6.07, 6.45) is 5.54. The van der Waals surface area contributed by atoms with Crippen molar-refractivity contribution >= 4 is 17.4 Å². The second-order valence-electron chi connectivity index (χ2n) is 4.21. The molecule has 1 aromatic heterocycles. The van der Waals surface area contributed by atoms with Gasteiger partial charge in [0.25, 0.3) is 0 Å². The van der Waals surface area contributed by atoms with Gasteiger partial charge in [0, 0.05) is 25.8 Å². The fourth-order valence-corrected chi connectivity index (χ4v) is 2.19. The van der Waals surface area contributed by atoms with Crippen molar-refractivity contribution in [2.45, 2.75) is 25.3 Å². The van der Waals surface area contributed by atoms with E-state index >= 15 is 0 Å². The third kappa shape index (κ3) is 3.06. The van der Waals surface area contributed by atoms with Crippen LogP contribution in [0.3, 0.4) is 0 Å². The molecule has 1 aliphatic rings. The summed E-state index contributed by atoms with van der Waals surface area (Å²) < 4.78 is 0. The molecular formula is C11H17ClN4. The van der Waals surface area contributed by atoms with Gasteiger partial charge in [0.15, 0.2) is 0 Å². The van der Waals surface area contributed by atoms with Gasteiger partial charge in [-0.15, -0.1) is 0 Å². The predicted octanol–water partition coefficient (Wildman–Crippen LogP) is 1.71. The van der Waals surface area contributed by atoms with Gasteiger partial charge in [-0.05, 0) is 37.1 Å². The molecule has 16 heavy (non-hydrogen) atoms. The highest BCUT2D eigenvalue weighted by Crippen LogP contribution is 2.13. The van der Waals surface area contributed by atoms with Gasteiger partial charge in [-0.25, -0.2) is 9.97 Å². The molecule has 0 spiro atoms. The van der Waals surface area contributed by atoms with Crippen molar-refractivity contribution in [1.82, 2.24) is 15.3 Å². The zero-order chi connectivity index (χ0) is 11.4. The fourth-order valence-electron chi connectivity index (χ4n) is 2.04. The second-order valence-corrected chi connectivity index (χ2v) is 4.55. The molecule has 0 unspecified atom stereocenters. The largest absolute Gasteiger partial charge is 0.358 e. The van der Waals surface area contributed by atoms with Crippen LogP contribution in [0, 0.1) is 0 Å². The van der Waals surface area contributed by atoms with Crippen molar-refractivity contribution in [2.24, 2.45) is 0 Å². The molecule has 2 heterocycles. The van der Waals surface area contributed by atoms with Crippen LogP contribution in [0.4, 0.5) is 5.82 Å². The average Bonchev–Trinajstić information content (AvgIpc) is 2.30. The molecule has 1 fully saturated rings. The lowest BCUT2D eigenvalue weighted by Gasteiger charge is -2.28. The minimum Gasteiger partial charge on any atom is -0.358 e. The number of hydrogen-bond acceptors (Lipinski definition) is 4. The van der Waals surface area contributed by atoms with Gasteiger partial charge in [-0.2, -0.15) is 0 Å². The molecule has 1 aromatic rings. The van der Waals surface area contributed by atoms with Gasteiger partial charge in [-0.3, -0.25) is 0 Å². The molecule has 1 N–H and O–H groups in total. The van der Waals surface area contributed by atoms with Gasteiger partial charge in [-0.1, -0.05) is 6.42 Å². The number of halogens is 1. The van der Waals surface area contributed by atoms with Crippen molar-refractivity contribution in [3.8, 4) is 0 Å². The number of rotatable bonds is 3. The molecule has 0 aliphatic carbocycles. The van der Waals surface area contributed by atoms with E-state index in [1.807, 2.05) is 13.1 Å². The number of aromatic nitrogens is 2. The Bertz CT molecular complexity index is 339. The van der Waals surface area contributed by atoms with E-state index in [0.717, 1.165) is 18.9 Å². The van der Waals surface area contributed by atoms with E-state index in [2.05, 4.69) is 20.2 Å². The topological polar surface area (TPSA) is 41.0 Å². The Morgan fingerprint density at radius 1 is 1.56 bits per heavy atom. The van der Waals surface area contributed by atoms with E-state index < -0.39 is 0 Å². The molecule has 0 radical (unpaired) electrons. The number of likely N-dealkylation sites (N-methyl/N-ethyl adjacent to an activating group) is 1. The van der Waals surface area contributed by atoms with Crippen LogP contribution >= 0.6 is 11.6 Å². The zero-order valence-electron chi connectivity index (χ0n) is 9.49. The lowest BCUT2D eigenvalue weighted by molar-refractivity contribution is 0.403. The summed E-state index contributed by atoms with van der Waals surface area (Å²) >= 11 is 5.77. The minimum absolute atomic E-state index is 0.306. The maximum Gasteiger partial charge on any atom is 0.224 e. The summed E-state index contributed by atoms with van der Waals surface area (Å²) in [6, 6.07) is 2.45. The molecule has 0 aromatic carbocycles. The van der Waals surface area contributed by atoms with Gasteiger partial charge in [0.2, 0.25) is 5.28 Å². The molecule has 88 valence electrons. The molecule has 1 saturated heterocycles. The first-order valence-electron chi connectivity index (χ1n) is 5.69. The van der Waals surface area contributed by atoms with Gasteiger partial charge < -0.3 is 10.2 Å². The second kappa shape index (κ2) is 5.46. The summed E-state index contributed by atoms with van der Waals surface area (Å²) in [5, 5.41) is 3.82. The number of piperidine rings is 1. The normalized spacial score (nSPS) is 20.8. The smallest absolute Gasteiger partial charge is 0.224 e. The van der Waals surface area contributed by atoms with Crippen LogP contribution in [-0.2, 0) is 0 Å². The molecule has 5 heteroatoms. The first-order valence-corrected chi connectivity index (χ1v) is 6.06. The number of nitrogens with one attached hydrogen (secondary N) is 1. The quantitative estimate of drug-likeness (QED) is 0.817. The van der Waals surface area contributed by atoms with Crippen LogP contribution < -0.4 is 10.2 Å². The molecule has 0 bridgehead atoms. The molecular weight excluding hydrogens is 224 g/mol. The Hall–Kier alpha value is -0.870. The SMILES string of the molecule is CN(C[C@H]1CCCCN1)c1ccnc(Cl)n1. The highest BCUT2D eigenvalue weighted by Gasteiger charge is 2.15. The summed E-state index contributed by atoms with van der Waals surface area (Å²) in [5.41, 5.74) is 0. The van der Waals surface area contributed by atoms with E-state index in [1.54, 1.807) is 6.20 Å². The van der Waals surface area contributed by atoms with Gasteiger partial charge in [0.05, 0.1) is 0 Å². The third-order valence-corrected chi connectivity index (χ3v) is 3.09. The molecule has 1 atom stereocenters. The van der Waals surface area contributed by atoms with E-state index in [-0.39, 0.29) is 0 Å². The average molecular weight is 241 g/mol. The first kappa shape index (κ1) is 11.6. The highest BCUT2D eigenvalue weighted by molar-refractivity contribution is 6.28. The molecule has 0 saturated carbocycles. The predicted molar refractivity (Wildman–Crippen MR) is 66.0 cm³/mol. The Labute approximate surface area is 101 Å². The van der Waals surface area contributed by atoms with E-state index in [1.165, 1.54) is 19.3 Å². The van der Waals surface area contributed by atoms with Crippen molar-refractivity contribution in [2.75, 3.05) is 25.0 Å². The maximum absolute atomic E-state index is 5.77. The number of anilines is 1. The van der Waals surface area contributed by atoms with E-state index in [9.17, 15) is 0 Å². The highest BCUT2D eigenvalue weighted by atomic mass is 35.5. The summed E-state index contributed by atoms with van der Waals surface area (Å²) in [5.74, 6) is 0.882. The van der Waals surface area contributed by atoms with Crippen LogP contribution in [0.5, 0.6) is 0 Å². The minimum atomic E-state index is 0.306. The number of hydrogen-bond donors (Lipinski definition) is 1. The summed E-state index contributed by atoms with van der Waals surface area (Å²) in [4.78, 5) is 10.2. The standard InChI is InChI=1S/C11H17ClN4/c1-16(8-9-4-2-3-6-13-9)10-5-7-14-11(12)15-10/h5,7,9,13H,2-4,6,8H2,1H3/t9-/m1/s1. The maximum atomic E-state index is 5.77. The van der Waals surface area contributed by atoms with Crippen molar-refractivity contribution in [3.05, 3.63) is 17.5 Å². The van der Waals surface area contributed by atoms with Crippen molar-refractivity contribution < 1.29 is 0 Å². The summed E-state index contributed by atoms with van der Waals surface area (Å²) in [6.45, 7) is 2.09. The molecule has 1 aliphatic heterocycles. The molecule has 0 amide bonds. The van der Waals surface area contributed by atoms with Crippen LogP contribution in [0.25, 0.3) is 0 Å². The van der Waals surface area contributed by atoms with E-state index in [4.69, 9.17) is 11.6 Å². The summed E-state index contributed by atoms with van der Waals surface area (Å²) in [7, 11) is 2.04. The van der Waals surface area contributed by atoms with Crippen LogP contribution in [-0.4, -0.2) is 36.1 Å². The van der Waals surface area contributed by atoms with Crippen LogP contribution in [0.2, 0.25) is 5.28 Å². The lowest BCUT2D eigenvalue weighted by Crippen LogP contribution is -2.42. The molecule has 4 nitrogen and oxygen atoms in total. The van der Waals surface area contributed by atoms with Crippen molar-refractivity contribution in [3.63, 3.8) is 0 Å².